The van der Waals surface area contributed by atoms with Crippen LogP contribution in [-0.4, -0.2) is 26.8 Å². The molecule has 2 heterocycles. The van der Waals surface area contributed by atoms with E-state index in [9.17, 15) is 9.90 Å². The van der Waals surface area contributed by atoms with E-state index >= 15 is 0 Å². The molecule has 0 aliphatic carbocycles. The zero-order chi connectivity index (χ0) is 17.4. The Kier molecular flexibility index (Phi) is 4.91. The van der Waals surface area contributed by atoms with Crippen LogP contribution in [0.5, 0.6) is 0 Å². The highest BCUT2D eigenvalue weighted by molar-refractivity contribution is 7.18. The number of nitrogens with zero attached hydrogens (tertiary/aromatic N) is 2. The van der Waals surface area contributed by atoms with Crippen LogP contribution in [0.3, 0.4) is 0 Å². The number of amides is 1. The lowest BCUT2D eigenvalue weighted by atomic mass is 9.98. The molecule has 23 heavy (non-hydrogen) atoms. The molecule has 1 unspecified atom stereocenters. The first-order valence-corrected chi connectivity index (χ1v) is 8.34. The van der Waals surface area contributed by atoms with E-state index < -0.39 is 17.8 Å². The fourth-order valence-corrected chi connectivity index (χ4v) is 2.92. The number of aromatic nitrogens is 2. The van der Waals surface area contributed by atoms with Crippen molar-refractivity contribution < 1.29 is 14.6 Å². The van der Waals surface area contributed by atoms with Gasteiger partial charge in [-0.15, -0.1) is 0 Å². The van der Waals surface area contributed by atoms with Crippen molar-refractivity contribution in [3.63, 3.8) is 0 Å². The molecule has 1 atom stereocenters. The third-order valence-electron chi connectivity index (χ3n) is 3.14. The van der Waals surface area contributed by atoms with Gasteiger partial charge in [0.25, 0.3) is 0 Å². The molecule has 0 saturated carbocycles. The fraction of sp³-hybridized carbons (Fsp3) is 0.562. The summed E-state index contributed by atoms with van der Waals surface area (Å²) in [5.41, 5.74) is 1.04. The van der Waals surface area contributed by atoms with Crippen LogP contribution in [0.15, 0.2) is 6.20 Å². The molecule has 1 amide bonds. The minimum Gasteiger partial charge on any atom is -0.444 e. The van der Waals surface area contributed by atoms with Crippen LogP contribution in [-0.2, 0) is 4.74 Å². The van der Waals surface area contributed by atoms with Crippen LogP contribution in [0.25, 0.3) is 10.3 Å². The van der Waals surface area contributed by atoms with E-state index in [1.54, 1.807) is 27.0 Å². The number of nitrogens with one attached hydrogen (secondary N) is 1. The second kappa shape index (κ2) is 6.41. The highest BCUT2D eigenvalue weighted by atomic mass is 32.1. The van der Waals surface area contributed by atoms with Gasteiger partial charge < -0.3 is 9.84 Å². The number of aryl methyl sites for hydroxylation is 1. The largest absolute Gasteiger partial charge is 0.444 e. The van der Waals surface area contributed by atoms with Crippen LogP contribution >= 0.6 is 11.3 Å². The van der Waals surface area contributed by atoms with Crippen molar-refractivity contribution in [1.82, 2.24) is 9.97 Å². The summed E-state index contributed by atoms with van der Waals surface area (Å²) in [5, 5.41) is 14.1. The van der Waals surface area contributed by atoms with Gasteiger partial charge in [0.1, 0.15) is 15.9 Å². The van der Waals surface area contributed by atoms with Crippen LogP contribution < -0.4 is 5.32 Å². The van der Waals surface area contributed by atoms with Gasteiger partial charge in [-0.1, -0.05) is 25.2 Å². The summed E-state index contributed by atoms with van der Waals surface area (Å²) >= 11 is 1.46. The van der Waals surface area contributed by atoms with E-state index in [1.807, 2.05) is 20.8 Å². The van der Waals surface area contributed by atoms with Gasteiger partial charge in [0.05, 0.1) is 23.0 Å². The standard InChI is InChI=1S/C16H23N3O3S/c1-8(2)13(20)11-10(19-15(21)22-16(4,5)6)7-17-14-12(11)18-9(3)23-14/h7-8,13,20H,1-6H3,(H,19,21). The minimum absolute atomic E-state index is 0.0261. The molecule has 0 spiro atoms. The maximum Gasteiger partial charge on any atom is 0.412 e. The number of rotatable bonds is 3. The average molecular weight is 337 g/mol. The molecule has 0 fully saturated rings. The summed E-state index contributed by atoms with van der Waals surface area (Å²) in [6, 6.07) is 0. The summed E-state index contributed by atoms with van der Waals surface area (Å²) in [6.07, 6.45) is 0.208. The first kappa shape index (κ1) is 17.6. The minimum atomic E-state index is -0.757. The highest BCUT2D eigenvalue weighted by Gasteiger charge is 2.24. The molecular formula is C16H23N3O3S. The second-order valence-corrected chi connectivity index (χ2v) is 7.97. The summed E-state index contributed by atoms with van der Waals surface area (Å²) < 4.78 is 5.28. The zero-order valence-corrected chi connectivity index (χ0v) is 15.1. The van der Waals surface area contributed by atoms with E-state index in [0.717, 1.165) is 9.84 Å². The van der Waals surface area contributed by atoms with Gasteiger partial charge in [-0.25, -0.2) is 14.8 Å². The lowest BCUT2D eigenvalue weighted by molar-refractivity contribution is 0.0635. The van der Waals surface area contributed by atoms with Crippen molar-refractivity contribution in [3.8, 4) is 0 Å². The maximum atomic E-state index is 12.1. The van der Waals surface area contributed by atoms with E-state index in [1.165, 1.54) is 11.3 Å². The molecule has 2 aromatic rings. The number of fused-ring (bicyclic) bond motifs is 1. The molecule has 0 aliphatic heterocycles. The SMILES string of the molecule is Cc1nc2c(C(O)C(C)C)c(NC(=O)OC(C)(C)C)cnc2s1. The van der Waals surface area contributed by atoms with Gasteiger partial charge >= 0.3 is 6.09 Å². The Labute approximate surface area is 139 Å². The smallest absolute Gasteiger partial charge is 0.412 e. The fourth-order valence-electron chi connectivity index (χ4n) is 2.15. The number of hydrogen-bond acceptors (Lipinski definition) is 6. The maximum absolute atomic E-state index is 12.1. The number of carbonyl (C=O) groups is 1. The molecule has 0 aliphatic rings. The van der Waals surface area contributed by atoms with E-state index in [4.69, 9.17) is 4.74 Å². The highest BCUT2D eigenvalue weighted by Crippen LogP contribution is 2.35. The number of ether oxygens (including phenoxy) is 1. The monoisotopic (exact) mass is 337 g/mol. The van der Waals surface area contributed by atoms with Gasteiger partial charge in [-0.3, -0.25) is 5.32 Å². The molecule has 126 valence electrons. The van der Waals surface area contributed by atoms with Crippen molar-refractivity contribution in [2.75, 3.05) is 5.32 Å². The molecule has 2 N–H and O–H groups in total. The average Bonchev–Trinajstić information content (AvgIpc) is 2.75. The van der Waals surface area contributed by atoms with Crippen LogP contribution in [0, 0.1) is 12.8 Å². The third-order valence-corrected chi connectivity index (χ3v) is 4.01. The first-order chi connectivity index (χ1) is 10.6. The number of aliphatic hydroxyl groups excluding tert-OH is 1. The Bertz CT molecular complexity index is 719. The Morgan fingerprint density at radius 2 is 2.04 bits per heavy atom. The number of hydrogen-bond donors (Lipinski definition) is 2. The number of aliphatic hydroxyl groups is 1. The normalized spacial score (nSPS) is 13.4. The lowest BCUT2D eigenvalue weighted by Gasteiger charge is -2.22. The van der Waals surface area contributed by atoms with Gasteiger partial charge in [-0.05, 0) is 33.6 Å². The Morgan fingerprint density at radius 1 is 1.39 bits per heavy atom. The Morgan fingerprint density at radius 3 is 2.61 bits per heavy atom. The molecule has 0 radical (unpaired) electrons. The van der Waals surface area contributed by atoms with Crippen molar-refractivity contribution in [2.45, 2.75) is 53.2 Å². The van der Waals surface area contributed by atoms with E-state index in [0.29, 0.717) is 16.8 Å². The van der Waals surface area contributed by atoms with Crippen LogP contribution in [0.2, 0.25) is 0 Å². The van der Waals surface area contributed by atoms with Crippen molar-refractivity contribution in [1.29, 1.82) is 0 Å². The number of carbonyl (C=O) groups excluding carboxylic acids is 1. The molecule has 6 nitrogen and oxygen atoms in total. The molecule has 7 heteroatoms. The molecule has 2 rings (SSSR count). The predicted molar refractivity (Wildman–Crippen MR) is 91.8 cm³/mol. The summed E-state index contributed by atoms with van der Waals surface area (Å²) in [4.78, 5) is 21.6. The quantitative estimate of drug-likeness (QED) is 0.883. The summed E-state index contributed by atoms with van der Waals surface area (Å²) in [7, 11) is 0. The number of pyridine rings is 1. The molecular weight excluding hydrogens is 314 g/mol. The lowest BCUT2D eigenvalue weighted by Crippen LogP contribution is -2.28. The summed E-state index contributed by atoms with van der Waals surface area (Å²) in [5.74, 6) is -0.0261. The summed E-state index contributed by atoms with van der Waals surface area (Å²) in [6.45, 7) is 11.1. The molecule has 0 bridgehead atoms. The molecule has 0 saturated heterocycles. The molecule has 0 aromatic carbocycles. The van der Waals surface area contributed by atoms with Gasteiger partial charge in [0, 0.05) is 5.56 Å². The van der Waals surface area contributed by atoms with Gasteiger partial charge in [0.2, 0.25) is 0 Å². The Balaban J connectivity index is 2.46. The van der Waals surface area contributed by atoms with E-state index in [2.05, 4.69) is 15.3 Å². The van der Waals surface area contributed by atoms with Crippen molar-refractivity contribution in [2.24, 2.45) is 5.92 Å². The number of anilines is 1. The molecule has 2 aromatic heterocycles. The van der Waals surface area contributed by atoms with Crippen LogP contribution in [0.4, 0.5) is 10.5 Å². The first-order valence-electron chi connectivity index (χ1n) is 7.52. The Hall–Kier alpha value is -1.73. The van der Waals surface area contributed by atoms with Crippen molar-refractivity contribution >= 4 is 33.5 Å². The zero-order valence-electron chi connectivity index (χ0n) is 14.3. The van der Waals surface area contributed by atoms with Gasteiger partial charge in [0.15, 0.2) is 0 Å². The van der Waals surface area contributed by atoms with E-state index in [-0.39, 0.29) is 5.92 Å². The van der Waals surface area contributed by atoms with Crippen molar-refractivity contribution in [3.05, 3.63) is 16.8 Å². The topological polar surface area (TPSA) is 84.3 Å². The predicted octanol–water partition coefficient (Wildman–Crippen LogP) is 4.04. The second-order valence-electron chi connectivity index (χ2n) is 6.79. The number of thiazole rings is 1. The third kappa shape index (κ3) is 4.17. The van der Waals surface area contributed by atoms with Crippen LogP contribution in [0.1, 0.15) is 51.3 Å². The van der Waals surface area contributed by atoms with Gasteiger partial charge in [-0.2, -0.15) is 0 Å².